The van der Waals surface area contributed by atoms with Crippen LogP contribution >= 0.6 is 0 Å². The van der Waals surface area contributed by atoms with E-state index < -0.39 is 29.9 Å². The molecule has 1 rings (SSSR count). The molecule has 1 aliphatic heterocycles. The molecule has 45 heavy (non-hydrogen) atoms. The van der Waals surface area contributed by atoms with Gasteiger partial charge in [0.25, 0.3) is 0 Å². The van der Waals surface area contributed by atoms with Gasteiger partial charge in [0, 0.05) is 76.2 Å². The number of carbonyl (C=O) groups is 5. The second kappa shape index (κ2) is 19.6. The number of hydrogen-bond acceptors (Lipinski definition) is 11. The van der Waals surface area contributed by atoms with Gasteiger partial charge in [0.2, 0.25) is 5.91 Å². The second-order valence-electron chi connectivity index (χ2n) is 13.2. The van der Waals surface area contributed by atoms with Crippen molar-refractivity contribution in [2.75, 3.05) is 98.3 Å². The molecule has 0 aromatic rings. The molecule has 260 valence electrons. The van der Waals surface area contributed by atoms with Crippen LogP contribution in [0.1, 0.15) is 40.5 Å². The topological polar surface area (TPSA) is 227 Å². The fraction of sp³-hybridized carbons (Fsp3) is 0.828. The van der Waals surface area contributed by atoms with Crippen LogP contribution in [0.4, 0.5) is 0 Å². The molecule has 1 amide bonds. The third-order valence-corrected chi connectivity index (χ3v) is 7.62. The molecule has 1 atom stereocenters. The van der Waals surface area contributed by atoms with Gasteiger partial charge < -0.3 is 36.2 Å². The molecule has 16 nitrogen and oxygen atoms in total. The van der Waals surface area contributed by atoms with Gasteiger partial charge in [-0.25, -0.2) is 0 Å². The van der Waals surface area contributed by atoms with Crippen LogP contribution < -0.4 is 11.1 Å². The lowest BCUT2D eigenvalue weighted by Crippen LogP contribution is -2.52. The standard InChI is InChI=1S/C29H54N6O10/c1-28(2,18-30)20-45-21-29(3,4)19-31-23(36)6-5-22(27(43)44)35-13-11-33(16-25(39)40)9-7-32(15-24(37)38)8-10-34(12-14-35)17-26(41)42/h22H,5-21,30H2,1-4H3,(H,31,36)(H,37,38)(H,39,40)(H,41,42)(H,43,44). The van der Waals surface area contributed by atoms with Gasteiger partial charge in [-0.1, -0.05) is 27.7 Å². The van der Waals surface area contributed by atoms with Crippen LogP contribution in [0.15, 0.2) is 0 Å². The normalized spacial score (nSPS) is 18.0. The zero-order valence-electron chi connectivity index (χ0n) is 27.2. The minimum absolute atomic E-state index is 0.00691. The van der Waals surface area contributed by atoms with Crippen molar-refractivity contribution in [3.63, 3.8) is 0 Å². The number of hydrogen-bond donors (Lipinski definition) is 6. The van der Waals surface area contributed by atoms with E-state index in [0.717, 1.165) is 0 Å². The zero-order valence-corrected chi connectivity index (χ0v) is 27.2. The molecule has 0 aliphatic carbocycles. The average molecular weight is 647 g/mol. The number of nitrogens with one attached hydrogen (secondary N) is 1. The number of aliphatic carboxylic acids is 4. The highest BCUT2D eigenvalue weighted by atomic mass is 16.5. The van der Waals surface area contributed by atoms with Gasteiger partial charge in [-0.15, -0.1) is 0 Å². The summed E-state index contributed by atoms with van der Waals surface area (Å²) in [6, 6.07) is -1.07. The summed E-state index contributed by atoms with van der Waals surface area (Å²) in [5.74, 6) is -4.67. The lowest BCUT2D eigenvalue weighted by molar-refractivity contribution is -0.145. The van der Waals surface area contributed by atoms with Gasteiger partial charge in [0.1, 0.15) is 6.04 Å². The summed E-state index contributed by atoms with van der Waals surface area (Å²) in [6.45, 7) is 10.2. The minimum atomic E-state index is -1.15. The van der Waals surface area contributed by atoms with Crippen LogP contribution in [-0.4, -0.2) is 174 Å². The van der Waals surface area contributed by atoms with Crippen molar-refractivity contribution < 1.29 is 49.1 Å². The predicted octanol–water partition coefficient (Wildman–Crippen LogP) is -1.16. The van der Waals surface area contributed by atoms with E-state index in [1.54, 1.807) is 19.6 Å². The van der Waals surface area contributed by atoms with Crippen LogP contribution in [-0.2, 0) is 28.7 Å². The Hall–Kier alpha value is -2.89. The molecule has 7 N–H and O–H groups in total. The summed E-state index contributed by atoms with van der Waals surface area (Å²) in [6.07, 6.45) is -0.0700. The molecule has 0 bridgehead atoms. The summed E-state index contributed by atoms with van der Waals surface area (Å²) in [5, 5.41) is 41.1. The first-order valence-electron chi connectivity index (χ1n) is 15.3. The van der Waals surface area contributed by atoms with Gasteiger partial charge in [-0.05, 0) is 13.0 Å². The maximum atomic E-state index is 12.8. The molecular weight excluding hydrogens is 592 g/mol. The molecule has 0 saturated carbocycles. The van der Waals surface area contributed by atoms with Crippen LogP contribution in [0.3, 0.4) is 0 Å². The van der Waals surface area contributed by atoms with E-state index in [2.05, 4.69) is 5.32 Å². The van der Waals surface area contributed by atoms with Gasteiger partial charge >= 0.3 is 23.9 Å². The molecule has 1 fully saturated rings. The monoisotopic (exact) mass is 646 g/mol. The zero-order chi connectivity index (χ0) is 34.2. The Balaban J connectivity index is 2.96. The molecule has 1 saturated heterocycles. The highest BCUT2D eigenvalue weighted by Gasteiger charge is 2.29. The molecule has 16 heteroatoms. The van der Waals surface area contributed by atoms with E-state index in [9.17, 15) is 44.4 Å². The van der Waals surface area contributed by atoms with E-state index in [0.29, 0.717) is 26.3 Å². The maximum Gasteiger partial charge on any atom is 0.320 e. The Bertz CT molecular complexity index is 947. The predicted molar refractivity (Wildman–Crippen MR) is 165 cm³/mol. The lowest BCUT2D eigenvalue weighted by atomic mass is 9.93. The fourth-order valence-corrected chi connectivity index (χ4v) is 4.78. The third-order valence-electron chi connectivity index (χ3n) is 7.62. The van der Waals surface area contributed by atoms with Crippen molar-refractivity contribution in [1.82, 2.24) is 24.9 Å². The largest absolute Gasteiger partial charge is 0.480 e. The van der Waals surface area contributed by atoms with Crippen LogP contribution in [0, 0.1) is 10.8 Å². The lowest BCUT2D eigenvalue weighted by Gasteiger charge is -2.35. The number of rotatable bonds is 18. The summed E-state index contributed by atoms with van der Waals surface area (Å²) < 4.78 is 5.82. The first-order valence-corrected chi connectivity index (χ1v) is 15.3. The highest BCUT2D eigenvalue weighted by Crippen LogP contribution is 2.18. The SMILES string of the molecule is CC(C)(CN)COCC(C)(C)CNC(=O)CCC(C(=O)O)N1CCN(CC(=O)O)CCN(CC(=O)O)CCN(CC(=O)O)CC1. The first kappa shape index (κ1) is 40.1. The van der Waals surface area contributed by atoms with Gasteiger partial charge in [-0.3, -0.25) is 43.6 Å². The number of nitrogens with zero attached hydrogens (tertiary/aromatic N) is 4. The molecule has 0 spiro atoms. The van der Waals surface area contributed by atoms with Crippen molar-refractivity contribution in [2.45, 2.75) is 46.6 Å². The van der Waals surface area contributed by atoms with E-state index >= 15 is 0 Å². The Labute approximate surface area is 265 Å². The van der Waals surface area contributed by atoms with Crippen molar-refractivity contribution in [3.05, 3.63) is 0 Å². The Kier molecular flexibility index (Phi) is 17.5. The number of carboxylic acids is 4. The van der Waals surface area contributed by atoms with Crippen molar-refractivity contribution in [3.8, 4) is 0 Å². The average Bonchev–Trinajstić information content (AvgIpc) is 2.91. The molecule has 0 radical (unpaired) electrons. The summed E-state index contributed by atoms with van der Waals surface area (Å²) in [7, 11) is 0. The van der Waals surface area contributed by atoms with Crippen molar-refractivity contribution in [1.29, 1.82) is 0 Å². The quantitative estimate of drug-likeness (QED) is 0.103. The second-order valence-corrected chi connectivity index (χ2v) is 13.2. The maximum absolute atomic E-state index is 12.8. The first-order chi connectivity index (χ1) is 20.9. The van der Waals surface area contributed by atoms with Crippen LogP contribution in [0.2, 0.25) is 0 Å². The van der Waals surface area contributed by atoms with Crippen molar-refractivity contribution >= 4 is 29.8 Å². The summed E-state index contributed by atoms with van der Waals surface area (Å²) in [5.41, 5.74) is 5.22. The minimum Gasteiger partial charge on any atom is -0.480 e. The Morgan fingerprint density at radius 1 is 0.711 bits per heavy atom. The smallest absolute Gasteiger partial charge is 0.320 e. The van der Waals surface area contributed by atoms with E-state index in [1.807, 2.05) is 27.7 Å². The molecular formula is C29H54N6O10. The van der Waals surface area contributed by atoms with Crippen molar-refractivity contribution in [2.24, 2.45) is 16.6 Å². The van der Waals surface area contributed by atoms with Gasteiger partial charge in [0.15, 0.2) is 0 Å². The Morgan fingerprint density at radius 3 is 1.49 bits per heavy atom. The molecule has 1 heterocycles. The number of nitrogens with two attached hydrogens (primary N) is 1. The van der Waals surface area contributed by atoms with Gasteiger partial charge in [0.05, 0.1) is 32.8 Å². The molecule has 1 unspecified atom stereocenters. The third kappa shape index (κ3) is 18.0. The highest BCUT2D eigenvalue weighted by molar-refractivity contribution is 5.78. The van der Waals surface area contributed by atoms with Crippen LogP contribution in [0.25, 0.3) is 0 Å². The molecule has 1 aliphatic rings. The van der Waals surface area contributed by atoms with Crippen LogP contribution in [0.5, 0.6) is 0 Å². The summed E-state index contributed by atoms with van der Waals surface area (Å²) >= 11 is 0. The number of ether oxygens (including phenoxy) is 1. The fourth-order valence-electron chi connectivity index (χ4n) is 4.78. The van der Waals surface area contributed by atoms with E-state index in [1.165, 1.54) is 0 Å². The number of carboxylic acid groups (broad SMARTS) is 4. The number of carbonyl (C=O) groups excluding carboxylic acids is 1. The number of amides is 1. The van der Waals surface area contributed by atoms with E-state index in [-0.39, 0.29) is 102 Å². The Morgan fingerprint density at radius 2 is 1.11 bits per heavy atom. The molecule has 0 aromatic carbocycles. The summed E-state index contributed by atoms with van der Waals surface area (Å²) in [4.78, 5) is 66.1. The van der Waals surface area contributed by atoms with Gasteiger partial charge in [-0.2, -0.15) is 0 Å². The molecule has 0 aromatic heterocycles. The van der Waals surface area contributed by atoms with E-state index in [4.69, 9.17) is 10.5 Å².